The first-order valence-electron chi connectivity index (χ1n) is 5.95. The molecule has 0 saturated carbocycles. The van der Waals surface area contributed by atoms with E-state index in [0.29, 0.717) is 6.42 Å². The zero-order valence-corrected chi connectivity index (χ0v) is 10.6. The number of amides is 1. The van der Waals surface area contributed by atoms with Crippen molar-refractivity contribution < 1.29 is 24.9 Å². The molecule has 1 atom stereocenters. The van der Waals surface area contributed by atoms with Crippen LogP contribution in [-0.4, -0.2) is 33.7 Å². The van der Waals surface area contributed by atoms with Crippen LogP contribution in [0.1, 0.15) is 30.1 Å². The molecule has 0 bridgehead atoms. The van der Waals surface area contributed by atoms with Gasteiger partial charge in [0.25, 0.3) is 5.91 Å². The first kappa shape index (κ1) is 14.8. The lowest BCUT2D eigenvalue weighted by atomic mass is 10.0. The van der Waals surface area contributed by atoms with Crippen molar-refractivity contribution in [3.8, 4) is 11.5 Å². The number of rotatable bonds is 6. The Morgan fingerprint density at radius 1 is 1.21 bits per heavy atom. The number of phenolic OH excluding ortho intramolecular Hbond substituents is 2. The van der Waals surface area contributed by atoms with Crippen LogP contribution in [0.5, 0.6) is 11.5 Å². The Labute approximate surface area is 110 Å². The number of hydrogen-bond acceptors (Lipinski definition) is 4. The van der Waals surface area contributed by atoms with Crippen molar-refractivity contribution in [2.45, 2.75) is 19.8 Å². The standard InChI is InChI=1S/C13H17NO5/c1-2-8(3-12(17)18)7-14-13(19)9-4-10(15)6-11(16)5-9/h4-6,8,15-16H,2-3,7H2,1H3,(H,14,19)(H,17,18). The quantitative estimate of drug-likeness (QED) is 0.622. The maximum Gasteiger partial charge on any atom is 0.303 e. The fourth-order valence-electron chi connectivity index (χ4n) is 1.67. The second-order valence-electron chi connectivity index (χ2n) is 4.32. The third kappa shape index (κ3) is 4.87. The van der Waals surface area contributed by atoms with Crippen molar-refractivity contribution in [3.63, 3.8) is 0 Å². The summed E-state index contributed by atoms with van der Waals surface area (Å²) in [7, 11) is 0. The van der Waals surface area contributed by atoms with Gasteiger partial charge in [0.2, 0.25) is 0 Å². The van der Waals surface area contributed by atoms with Gasteiger partial charge in [-0.05, 0) is 18.1 Å². The minimum atomic E-state index is -0.906. The van der Waals surface area contributed by atoms with Gasteiger partial charge in [-0.1, -0.05) is 13.3 Å². The number of carbonyl (C=O) groups is 2. The number of carboxylic acid groups (broad SMARTS) is 1. The molecule has 6 heteroatoms. The third-order valence-corrected chi connectivity index (χ3v) is 2.76. The molecule has 6 nitrogen and oxygen atoms in total. The largest absolute Gasteiger partial charge is 0.508 e. The maximum absolute atomic E-state index is 11.8. The third-order valence-electron chi connectivity index (χ3n) is 2.76. The fourth-order valence-corrected chi connectivity index (χ4v) is 1.67. The van der Waals surface area contributed by atoms with E-state index in [0.717, 1.165) is 6.07 Å². The lowest BCUT2D eigenvalue weighted by Crippen LogP contribution is -2.30. The number of phenols is 2. The van der Waals surface area contributed by atoms with Gasteiger partial charge in [0, 0.05) is 24.6 Å². The van der Waals surface area contributed by atoms with Gasteiger partial charge in [-0.15, -0.1) is 0 Å². The molecule has 104 valence electrons. The van der Waals surface area contributed by atoms with Crippen LogP contribution in [0.3, 0.4) is 0 Å². The molecule has 0 aliphatic heterocycles. The summed E-state index contributed by atoms with van der Waals surface area (Å²) in [5.74, 6) is -1.93. The Bertz CT molecular complexity index is 452. The van der Waals surface area contributed by atoms with E-state index in [1.54, 1.807) is 0 Å². The number of nitrogens with one attached hydrogen (secondary N) is 1. The molecule has 0 spiro atoms. The number of carbonyl (C=O) groups excluding carboxylic acids is 1. The first-order chi connectivity index (χ1) is 8.92. The van der Waals surface area contributed by atoms with Gasteiger partial charge >= 0.3 is 5.97 Å². The molecule has 0 radical (unpaired) electrons. The van der Waals surface area contributed by atoms with Crippen LogP contribution in [0.4, 0.5) is 0 Å². The van der Waals surface area contributed by atoms with Crippen LogP contribution < -0.4 is 5.32 Å². The Kier molecular flexibility index (Phi) is 5.17. The van der Waals surface area contributed by atoms with Gasteiger partial charge < -0.3 is 20.6 Å². The van der Waals surface area contributed by atoms with Crippen LogP contribution >= 0.6 is 0 Å². The summed E-state index contributed by atoms with van der Waals surface area (Å²) in [6, 6.07) is 3.58. The lowest BCUT2D eigenvalue weighted by Gasteiger charge is -2.13. The van der Waals surface area contributed by atoms with E-state index in [1.165, 1.54) is 12.1 Å². The molecule has 1 unspecified atom stereocenters. The summed E-state index contributed by atoms with van der Waals surface area (Å²) >= 11 is 0. The molecule has 4 N–H and O–H groups in total. The summed E-state index contributed by atoms with van der Waals surface area (Å²) in [5, 5.41) is 29.8. The second kappa shape index (κ2) is 6.63. The van der Waals surface area contributed by atoms with Gasteiger partial charge in [0.05, 0.1) is 0 Å². The van der Waals surface area contributed by atoms with E-state index in [2.05, 4.69) is 5.32 Å². The molecule has 1 amide bonds. The summed E-state index contributed by atoms with van der Waals surface area (Å²) in [5.41, 5.74) is 0.127. The average molecular weight is 267 g/mol. The number of aromatic hydroxyl groups is 2. The van der Waals surface area contributed by atoms with Crippen LogP contribution in [-0.2, 0) is 4.79 Å². The van der Waals surface area contributed by atoms with Gasteiger partial charge in [0.1, 0.15) is 11.5 Å². The van der Waals surface area contributed by atoms with E-state index < -0.39 is 11.9 Å². The maximum atomic E-state index is 11.8. The topological polar surface area (TPSA) is 107 Å². The Balaban J connectivity index is 2.61. The summed E-state index contributed by atoms with van der Waals surface area (Å²) in [4.78, 5) is 22.4. The Morgan fingerprint density at radius 3 is 2.26 bits per heavy atom. The van der Waals surface area contributed by atoms with Crippen molar-refractivity contribution in [2.24, 2.45) is 5.92 Å². The normalized spacial score (nSPS) is 11.8. The van der Waals surface area contributed by atoms with Gasteiger partial charge in [0.15, 0.2) is 0 Å². The molecule has 0 aliphatic carbocycles. The zero-order valence-electron chi connectivity index (χ0n) is 10.6. The molecule has 1 aromatic rings. The van der Waals surface area contributed by atoms with Crippen molar-refractivity contribution in [3.05, 3.63) is 23.8 Å². The highest BCUT2D eigenvalue weighted by Gasteiger charge is 2.14. The van der Waals surface area contributed by atoms with Crippen LogP contribution in [0.2, 0.25) is 0 Å². The van der Waals surface area contributed by atoms with Crippen molar-refractivity contribution in [1.82, 2.24) is 5.32 Å². The average Bonchev–Trinajstić information content (AvgIpc) is 2.32. The number of hydrogen-bond donors (Lipinski definition) is 4. The van der Waals surface area contributed by atoms with E-state index in [-0.39, 0.29) is 35.9 Å². The van der Waals surface area contributed by atoms with Gasteiger partial charge in [-0.2, -0.15) is 0 Å². The van der Waals surface area contributed by atoms with Crippen molar-refractivity contribution in [2.75, 3.05) is 6.54 Å². The zero-order chi connectivity index (χ0) is 14.4. The van der Waals surface area contributed by atoms with E-state index in [1.807, 2.05) is 6.92 Å². The molecular formula is C13H17NO5. The van der Waals surface area contributed by atoms with E-state index in [4.69, 9.17) is 5.11 Å². The molecule has 0 heterocycles. The Morgan fingerprint density at radius 2 is 1.79 bits per heavy atom. The number of benzene rings is 1. The van der Waals surface area contributed by atoms with Crippen molar-refractivity contribution >= 4 is 11.9 Å². The van der Waals surface area contributed by atoms with Gasteiger partial charge in [-0.3, -0.25) is 9.59 Å². The molecular weight excluding hydrogens is 250 g/mol. The minimum absolute atomic E-state index is 0.0118. The number of carboxylic acids is 1. The summed E-state index contributed by atoms with van der Waals surface area (Å²) in [6.07, 6.45) is 0.625. The van der Waals surface area contributed by atoms with Crippen LogP contribution in [0.25, 0.3) is 0 Å². The Hall–Kier alpha value is -2.24. The molecule has 0 aliphatic rings. The highest BCUT2D eigenvalue weighted by molar-refractivity contribution is 5.95. The summed E-state index contributed by atoms with van der Waals surface area (Å²) < 4.78 is 0. The predicted molar refractivity (Wildman–Crippen MR) is 68.1 cm³/mol. The molecule has 1 aromatic carbocycles. The monoisotopic (exact) mass is 267 g/mol. The minimum Gasteiger partial charge on any atom is -0.508 e. The van der Waals surface area contributed by atoms with Crippen LogP contribution in [0.15, 0.2) is 18.2 Å². The van der Waals surface area contributed by atoms with E-state index in [9.17, 15) is 19.8 Å². The highest BCUT2D eigenvalue weighted by atomic mass is 16.4. The van der Waals surface area contributed by atoms with E-state index >= 15 is 0 Å². The number of aliphatic carboxylic acids is 1. The highest BCUT2D eigenvalue weighted by Crippen LogP contribution is 2.20. The second-order valence-corrected chi connectivity index (χ2v) is 4.32. The lowest BCUT2D eigenvalue weighted by molar-refractivity contribution is -0.138. The molecule has 0 fully saturated rings. The van der Waals surface area contributed by atoms with Crippen molar-refractivity contribution in [1.29, 1.82) is 0 Å². The van der Waals surface area contributed by atoms with Crippen LogP contribution in [0, 0.1) is 5.92 Å². The molecule has 0 saturated heterocycles. The SMILES string of the molecule is CCC(CNC(=O)c1cc(O)cc(O)c1)CC(=O)O. The van der Waals surface area contributed by atoms with Gasteiger partial charge in [-0.25, -0.2) is 0 Å². The molecule has 19 heavy (non-hydrogen) atoms. The predicted octanol–water partition coefficient (Wildman–Crippen LogP) is 1.33. The molecule has 1 rings (SSSR count). The summed E-state index contributed by atoms with van der Waals surface area (Å²) in [6.45, 7) is 2.08. The smallest absolute Gasteiger partial charge is 0.303 e. The first-order valence-corrected chi connectivity index (χ1v) is 5.95. The molecule has 0 aromatic heterocycles. The fraction of sp³-hybridized carbons (Fsp3) is 0.385.